The highest BCUT2D eigenvalue weighted by Crippen LogP contribution is 2.20. The lowest BCUT2D eigenvalue weighted by Crippen LogP contribution is -2.50. The first-order valence-corrected chi connectivity index (χ1v) is 7.19. The second-order valence-corrected chi connectivity index (χ2v) is 5.78. The lowest BCUT2D eigenvalue weighted by atomic mass is 9.92. The van der Waals surface area contributed by atoms with Crippen molar-refractivity contribution in [3.63, 3.8) is 0 Å². The first kappa shape index (κ1) is 22.9. The third-order valence-electron chi connectivity index (χ3n) is 3.23. The van der Waals surface area contributed by atoms with Crippen molar-refractivity contribution in [3.05, 3.63) is 34.3 Å². The van der Waals surface area contributed by atoms with E-state index in [-0.39, 0.29) is 30.7 Å². The van der Waals surface area contributed by atoms with E-state index in [4.69, 9.17) is 5.73 Å². The van der Waals surface area contributed by atoms with Crippen molar-refractivity contribution >= 4 is 46.7 Å². The molecular weight excluding hydrogens is 377 g/mol. The second kappa shape index (κ2) is 10.4. The molecule has 0 saturated carbocycles. The van der Waals surface area contributed by atoms with Crippen molar-refractivity contribution in [2.24, 2.45) is 5.73 Å². The van der Waals surface area contributed by atoms with Gasteiger partial charge < -0.3 is 16.0 Å². The summed E-state index contributed by atoms with van der Waals surface area (Å²) in [4.78, 5) is 14.3. The van der Waals surface area contributed by atoms with E-state index >= 15 is 0 Å². The number of hydrogen-bond donors (Lipinski definition) is 2. The van der Waals surface area contributed by atoms with Gasteiger partial charge in [-0.15, -0.1) is 24.8 Å². The summed E-state index contributed by atoms with van der Waals surface area (Å²) in [5.74, 6) is -0.153. The zero-order chi connectivity index (χ0) is 14.5. The van der Waals surface area contributed by atoms with Crippen molar-refractivity contribution in [2.75, 3.05) is 26.7 Å². The molecule has 0 bridgehead atoms. The first-order chi connectivity index (χ1) is 8.87. The van der Waals surface area contributed by atoms with Crippen LogP contribution in [0, 0.1) is 0 Å². The number of rotatable bonds is 6. The topological polar surface area (TPSA) is 58.4 Å². The minimum Gasteiger partial charge on any atom is -0.353 e. The quantitative estimate of drug-likeness (QED) is 0.771. The third kappa shape index (κ3) is 6.98. The molecule has 4 nitrogen and oxygen atoms in total. The van der Waals surface area contributed by atoms with Gasteiger partial charge in [0.1, 0.15) is 5.54 Å². The smallest absolute Gasteiger partial charge is 0.244 e. The molecule has 1 amide bonds. The van der Waals surface area contributed by atoms with Crippen molar-refractivity contribution in [2.45, 2.75) is 19.4 Å². The van der Waals surface area contributed by atoms with Crippen molar-refractivity contribution < 1.29 is 4.79 Å². The summed E-state index contributed by atoms with van der Waals surface area (Å²) in [5, 5.41) is 2.88. The number of likely N-dealkylation sites (N-methyl/N-ethyl adjacent to an activating group) is 1. The van der Waals surface area contributed by atoms with Crippen molar-refractivity contribution in [1.29, 1.82) is 0 Å². The molecule has 0 saturated heterocycles. The van der Waals surface area contributed by atoms with E-state index in [9.17, 15) is 4.79 Å². The molecule has 0 aliphatic rings. The normalized spacial score (nSPS) is 12.9. The highest BCUT2D eigenvalue weighted by Gasteiger charge is 2.30. The average Bonchev–Trinajstić information content (AvgIpc) is 2.38. The van der Waals surface area contributed by atoms with Crippen molar-refractivity contribution in [3.8, 4) is 0 Å². The summed E-state index contributed by atoms with van der Waals surface area (Å²) in [6, 6.07) is 7.50. The third-order valence-corrected chi connectivity index (χ3v) is 3.76. The van der Waals surface area contributed by atoms with Gasteiger partial charge in [0.25, 0.3) is 0 Å². The zero-order valence-corrected chi connectivity index (χ0v) is 15.8. The molecule has 1 rings (SSSR count). The molecule has 0 heterocycles. The molecule has 0 aromatic heterocycles. The van der Waals surface area contributed by atoms with E-state index in [0.29, 0.717) is 6.54 Å². The summed E-state index contributed by atoms with van der Waals surface area (Å²) in [7, 11) is 2.02. The van der Waals surface area contributed by atoms with Gasteiger partial charge in [-0.3, -0.25) is 4.79 Å². The Labute approximate surface area is 147 Å². The zero-order valence-electron chi connectivity index (χ0n) is 12.6. The minimum atomic E-state index is -1.01. The number of benzene rings is 1. The summed E-state index contributed by atoms with van der Waals surface area (Å²) < 4.78 is 0.969. The average molecular weight is 401 g/mol. The predicted octanol–water partition coefficient (Wildman–Crippen LogP) is 2.53. The molecule has 122 valence electrons. The van der Waals surface area contributed by atoms with Crippen LogP contribution in [-0.4, -0.2) is 37.5 Å². The Morgan fingerprint density at radius 3 is 2.33 bits per heavy atom. The monoisotopic (exact) mass is 399 g/mol. The van der Waals surface area contributed by atoms with Crippen LogP contribution < -0.4 is 11.1 Å². The Bertz CT molecular complexity index is 427. The van der Waals surface area contributed by atoms with Crippen LogP contribution in [0.5, 0.6) is 0 Å². The van der Waals surface area contributed by atoms with E-state index in [1.807, 2.05) is 31.3 Å². The Morgan fingerprint density at radius 1 is 1.33 bits per heavy atom. The Hall–Kier alpha value is -0.330. The molecule has 0 fully saturated rings. The van der Waals surface area contributed by atoms with E-state index in [0.717, 1.165) is 23.1 Å². The second-order valence-electron chi connectivity index (χ2n) is 4.86. The number of nitrogens with zero attached hydrogens (tertiary/aromatic N) is 1. The predicted molar refractivity (Wildman–Crippen MR) is 96.4 cm³/mol. The Morgan fingerprint density at radius 2 is 1.86 bits per heavy atom. The van der Waals surface area contributed by atoms with E-state index in [1.54, 1.807) is 6.92 Å². The van der Waals surface area contributed by atoms with Gasteiger partial charge in [0.15, 0.2) is 0 Å². The molecule has 7 heteroatoms. The van der Waals surface area contributed by atoms with Crippen LogP contribution in [0.1, 0.15) is 19.4 Å². The largest absolute Gasteiger partial charge is 0.353 e. The SMILES string of the molecule is CCN(C)CCNC(=O)C(C)(N)c1ccc(Br)cc1.Cl.Cl. The standard InChI is InChI=1S/C14H22BrN3O.2ClH/c1-4-18(3)10-9-17-13(19)14(2,16)11-5-7-12(15)8-6-11;;/h5-8H,4,9-10,16H2,1-3H3,(H,17,19);2*1H. The number of nitrogens with two attached hydrogens (primary N) is 1. The van der Waals surface area contributed by atoms with Gasteiger partial charge >= 0.3 is 0 Å². The fraction of sp³-hybridized carbons (Fsp3) is 0.500. The summed E-state index contributed by atoms with van der Waals surface area (Å²) >= 11 is 3.37. The maximum absolute atomic E-state index is 12.2. The molecule has 0 aliphatic carbocycles. The van der Waals surface area contributed by atoms with Gasteiger partial charge in [-0.2, -0.15) is 0 Å². The summed E-state index contributed by atoms with van der Waals surface area (Å²) in [5.41, 5.74) is 5.93. The maximum atomic E-state index is 12.2. The van der Waals surface area contributed by atoms with Crippen LogP contribution in [-0.2, 0) is 10.3 Å². The molecule has 21 heavy (non-hydrogen) atoms. The Balaban J connectivity index is 0. The molecule has 3 N–H and O–H groups in total. The van der Waals surface area contributed by atoms with Gasteiger partial charge in [0, 0.05) is 17.6 Å². The molecule has 1 unspecified atom stereocenters. The number of amides is 1. The van der Waals surface area contributed by atoms with Crippen LogP contribution >= 0.6 is 40.7 Å². The number of hydrogen-bond acceptors (Lipinski definition) is 3. The Kier molecular flexibility index (Phi) is 11.4. The van der Waals surface area contributed by atoms with Gasteiger partial charge in [0.2, 0.25) is 5.91 Å². The van der Waals surface area contributed by atoms with Gasteiger partial charge in [-0.25, -0.2) is 0 Å². The molecule has 1 aromatic carbocycles. The molecule has 1 aromatic rings. The number of carbonyl (C=O) groups excluding carboxylic acids is 1. The van der Waals surface area contributed by atoms with Crippen LogP contribution in [0.25, 0.3) is 0 Å². The van der Waals surface area contributed by atoms with Gasteiger partial charge in [0.05, 0.1) is 0 Å². The highest BCUT2D eigenvalue weighted by atomic mass is 79.9. The minimum absolute atomic E-state index is 0. The fourth-order valence-corrected chi connectivity index (χ4v) is 1.89. The summed E-state index contributed by atoms with van der Waals surface area (Å²) in [6.07, 6.45) is 0. The van der Waals surface area contributed by atoms with Crippen LogP contribution in [0.3, 0.4) is 0 Å². The van der Waals surface area contributed by atoms with E-state index < -0.39 is 5.54 Å². The van der Waals surface area contributed by atoms with Crippen LogP contribution in [0.2, 0.25) is 0 Å². The van der Waals surface area contributed by atoms with E-state index in [2.05, 4.69) is 33.1 Å². The molecule has 0 aliphatic heterocycles. The first-order valence-electron chi connectivity index (χ1n) is 6.39. The van der Waals surface area contributed by atoms with Crippen LogP contribution in [0.15, 0.2) is 28.7 Å². The van der Waals surface area contributed by atoms with Gasteiger partial charge in [-0.05, 0) is 38.2 Å². The summed E-state index contributed by atoms with van der Waals surface area (Å²) in [6.45, 7) is 6.19. The van der Waals surface area contributed by atoms with E-state index in [1.165, 1.54) is 0 Å². The number of halogens is 3. The van der Waals surface area contributed by atoms with Crippen molar-refractivity contribution in [1.82, 2.24) is 10.2 Å². The molecule has 1 atom stereocenters. The molecule has 0 radical (unpaired) electrons. The number of carbonyl (C=O) groups is 1. The lowest BCUT2D eigenvalue weighted by Gasteiger charge is -2.25. The lowest BCUT2D eigenvalue weighted by molar-refractivity contribution is -0.126. The van der Waals surface area contributed by atoms with Gasteiger partial charge in [-0.1, -0.05) is 35.0 Å². The maximum Gasteiger partial charge on any atom is 0.244 e. The van der Waals surface area contributed by atoms with Crippen LogP contribution in [0.4, 0.5) is 0 Å². The molecular formula is C14H24BrCl2N3O. The molecule has 0 spiro atoms. The number of nitrogens with one attached hydrogen (secondary N) is 1. The highest BCUT2D eigenvalue weighted by molar-refractivity contribution is 9.10. The fourth-order valence-electron chi connectivity index (χ4n) is 1.63.